The molecule has 9 nitrogen and oxygen atoms in total. The summed E-state index contributed by atoms with van der Waals surface area (Å²) >= 11 is 0. The van der Waals surface area contributed by atoms with E-state index >= 15 is 0 Å². The van der Waals surface area contributed by atoms with Gasteiger partial charge in [0.25, 0.3) is 0 Å². The fourth-order valence-electron chi connectivity index (χ4n) is 11.1. The summed E-state index contributed by atoms with van der Waals surface area (Å²) < 4.78 is 16.1. The first-order valence-corrected chi connectivity index (χ1v) is 20.2. The molecule has 0 atom stereocenters. The highest BCUT2D eigenvalue weighted by atomic mass is 16.5. The summed E-state index contributed by atoms with van der Waals surface area (Å²) in [4.78, 5) is 0. The van der Waals surface area contributed by atoms with E-state index in [-0.39, 0.29) is 22.7 Å². The second-order valence-corrected chi connectivity index (χ2v) is 16.9. The normalized spacial score (nSPS) is 25.9. The summed E-state index contributed by atoms with van der Waals surface area (Å²) in [6.45, 7) is 0. The van der Waals surface area contributed by atoms with Gasteiger partial charge in [0.1, 0.15) is 17.2 Å². The predicted molar refractivity (Wildman–Crippen MR) is 203 cm³/mol. The topological polar surface area (TPSA) is 139 Å². The maximum absolute atomic E-state index is 9.59. The molecule has 0 radical (unpaired) electrons. The largest absolute Gasteiger partial charge is 0.508 e. The summed E-state index contributed by atoms with van der Waals surface area (Å²) in [5.74, 6) is 4.52. The van der Waals surface area contributed by atoms with E-state index in [0.717, 1.165) is 50.9 Å². The molecule has 3 aromatic heterocycles. The third-order valence-corrected chi connectivity index (χ3v) is 13.2. The van der Waals surface area contributed by atoms with Crippen molar-refractivity contribution >= 4 is 32.9 Å². The van der Waals surface area contributed by atoms with E-state index in [1.54, 1.807) is 36.4 Å². The van der Waals surface area contributed by atoms with Gasteiger partial charge in [0.2, 0.25) is 0 Å². The average Bonchev–Trinajstić information content (AvgIpc) is 3.83. The third-order valence-electron chi connectivity index (χ3n) is 13.2. The van der Waals surface area contributed by atoms with Crippen LogP contribution in [-0.4, -0.2) is 30.8 Å². The van der Waals surface area contributed by atoms with Crippen LogP contribution in [0.2, 0.25) is 0 Å². The molecule has 0 spiro atoms. The fourth-order valence-corrected chi connectivity index (χ4v) is 11.1. The summed E-state index contributed by atoms with van der Waals surface area (Å²) in [6, 6.07) is 15.9. The molecule has 9 heteroatoms. The van der Waals surface area contributed by atoms with E-state index in [1.807, 2.05) is 18.2 Å². The Morgan fingerprint density at radius 3 is 1.30 bits per heavy atom. The molecule has 12 rings (SSSR count). The lowest BCUT2D eigenvalue weighted by Gasteiger charge is -2.56. The predicted octanol–water partition coefficient (Wildman–Crippen LogP) is 11.6. The molecule has 6 fully saturated rings. The maximum Gasteiger partial charge on any atom is 0.170 e. The minimum atomic E-state index is 0.235. The summed E-state index contributed by atoms with van der Waals surface area (Å²) in [5.41, 5.74) is 5.72. The van der Waals surface area contributed by atoms with Crippen LogP contribution in [0.25, 0.3) is 32.9 Å². The average molecular weight is 718 g/mol. The molecular formula is C44H51N3O6. The van der Waals surface area contributed by atoms with Gasteiger partial charge in [-0.15, -0.1) is 0 Å². The molecule has 53 heavy (non-hydrogen) atoms. The lowest BCUT2D eigenvalue weighted by atomic mass is 9.48. The zero-order chi connectivity index (χ0) is 35.9. The van der Waals surface area contributed by atoms with Crippen LogP contribution in [0.3, 0.4) is 0 Å². The van der Waals surface area contributed by atoms with Gasteiger partial charge in [0, 0.05) is 51.6 Å². The Kier molecular flexibility index (Phi) is 9.28. The highest BCUT2D eigenvalue weighted by Gasteiger charge is 2.53. The molecular weight excluding hydrogens is 666 g/mol. The van der Waals surface area contributed by atoms with Crippen molar-refractivity contribution in [1.82, 2.24) is 15.5 Å². The van der Waals surface area contributed by atoms with Crippen molar-refractivity contribution in [3.05, 3.63) is 71.7 Å². The van der Waals surface area contributed by atoms with Crippen LogP contribution >= 0.6 is 0 Å². The number of phenolic OH excluding ortho intramolecular Hbond substituents is 3. The molecule has 0 saturated heterocycles. The van der Waals surface area contributed by atoms with Crippen LogP contribution in [0.4, 0.5) is 0 Å². The molecule has 0 amide bonds. The van der Waals surface area contributed by atoms with Gasteiger partial charge in [-0.2, -0.15) is 0 Å². The number of aromatic nitrogens is 3. The van der Waals surface area contributed by atoms with Crippen molar-refractivity contribution in [2.24, 2.45) is 17.8 Å². The molecule has 3 N–H and O–H groups in total. The molecule has 6 aliphatic carbocycles. The Bertz CT molecular complexity index is 2150. The van der Waals surface area contributed by atoms with Crippen molar-refractivity contribution in [2.45, 2.75) is 126 Å². The SMILES string of the molecule is Oc1ccc2c(C34CC5CC(CC(C5)C3)C4)noc2c1.Oc1ccc2c(C3CCCCC3)noc2c1.Oc1ccc2c(C3CCCCCC3)noc2c1. The summed E-state index contributed by atoms with van der Waals surface area (Å²) in [6.07, 6.45) is 22.2. The van der Waals surface area contributed by atoms with Gasteiger partial charge in [-0.1, -0.05) is 60.4 Å². The van der Waals surface area contributed by atoms with Crippen LogP contribution < -0.4 is 0 Å². The van der Waals surface area contributed by atoms with E-state index in [9.17, 15) is 15.3 Å². The van der Waals surface area contributed by atoms with Gasteiger partial charge in [-0.25, -0.2) is 0 Å². The van der Waals surface area contributed by atoms with E-state index < -0.39 is 0 Å². The van der Waals surface area contributed by atoms with E-state index in [0.29, 0.717) is 23.0 Å². The van der Waals surface area contributed by atoms with Gasteiger partial charge in [0.05, 0.1) is 17.1 Å². The second-order valence-electron chi connectivity index (χ2n) is 16.9. The summed E-state index contributed by atoms with van der Waals surface area (Å²) in [7, 11) is 0. The Hall–Kier alpha value is -4.53. The molecule has 0 unspecified atom stereocenters. The number of hydrogen-bond acceptors (Lipinski definition) is 9. The number of nitrogens with zero attached hydrogens (tertiary/aromatic N) is 3. The fraction of sp³-hybridized carbons (Fsp3) is 0.523. The molecule has 4 bridgehead atoms. The third kappa shape index (κ3) is 6.88. The zero-order valence-corrected chi connectivity index (χ0v) is 30.5. The number of rotatable bonds is 3. The first-order valence-electron chi connectivity index (χ1n) is 20.2. The van der Waals surface area contributed by atoms with Crippen molar-refractivity contribution in [3.63, 3.8) is 0 Å². The van der Waals surface area contributed by atoms with Crippen LogP contribution in [0.5, 0.6) is 17.2 Å². The number of hydrogen-bond donors (Lipinski definition) is 3. The smallest absolute Gasteiger partial charge is 0.170 e. The Balaban J connectivity index is 0.000000106. The van der Waals surface area contributed by atoms with Gasteiger partial charge >= 0.3 is 0 Å². The Morgan fingerprint density at radius 1 is 0.472 bits per heavy atom. The lowest BCUT2D eigenvalue weighted by molar-refractivity contribution is -0.00781. The molecule has 0 aliphatic heterocycles. The van der Waals surface area contributed by atoms with Crippen molar-refractivity contribution in [2.75, 3.05) is 0 Å². The minimum absolute atomic E-state index is 0.235. The zero-order valence-electron chi connectivity index (χ0n) is 30.5. The van der Waals surface area contributed by atoms with E-state index in [4.69, 9.17) is 13.6 Å². The Labute approximate surface area is 309 Å². The first kappa shape index (κ1) is 34.3. The van der Waals surface area contributed by atoms with E-state index in [1.165, 1.54) is 115 Å². The summed E-state index contributed by atoms with van der Waals surface area (Å²) in [5, 5.41) is 44.4. The van der Waals surface area contributed by atoms with Gasteiger partial charge in [0.15, 0.2) is 16.7 Å². The molecule has 3 aromatic carbocycles. The van der Waals surface area contributed by atoms with Crippen LogP contribution in [0, 0.1) is 17.8 Å². The molecule has 278 valence electrons. The van der Waals surface area contributed by atoms with E-state index in [2.05, 4.69) is 15.5 Å². The number of phenols is 3. The number of aromatic hydroxyl groups is 3. The molecule has 6 saturated carbocycles. The van der Waals surface area contributed by atoms with Gasteiger partial charge in [-0.3, -0.25) is 0 Å². The quantitative estimate of drug-likeness (QED) is 0.153. The van der Waals surface area contributed by atoms with Crippen molar-refractivity contribution < 1.29 is 28.9 Å². The van der Waals surface area contributed by atoms with Gasteiger partial charge in [-0.05, 0) is 118 Å². The monoisotopic (exact) mass is 717 g/mol. The first-order chi connectivity index (χ1) is 25.9. The van der Waals surface area contributed by atoms with Crippen LogP contribution in [0.1, 0.15) is 138 Å². The number of fused-ring (bicyclic) bond motifs is 3. The Morgan fingerprint density at radius 2 is 0.849 bits per heavy atom. The molecule has 6 aliphatic rings. The maximum atomic E-state index is 9.59. The number of benzene rings is 3. The highest BCUT2D eigenvalue weighted by Crippen LogP contribution is 2.61. The lowest BCUT2D eigenvalue weighted by Crippen LogP contribution is -2.48. The minimum Gasteiger partial charge on any atom is -0.508 e. The standard InChI is InChI=1S/C17H19NO2.C14H17NO2.C13H15NO2/c19-13-1-2-14-15(6-13)20-18-16(14)17-7-10-3-11(8-17)5-12(4-10)9-17;16-11-7-8-12-13(9-11)17-15-14(12)10-5-3-1-2-4-6-10;15-10-6-7-11-12(8-10)16-14-13(11)9-4-2-1-3-5-9/h1-2,6,10-12,19H,3-5,7-9H2;7-10,16H,1-6H2;6-9,15H,1-5H2. The second kappa shape index (κ2) is 14.4. The van der Waals surface area contributed by atoms with Crippen LogP contribution in [0.15, 0.2) is 68.2 Å². The van der Waals surface area contributed by atoms with Crippen LogP contribution in [-0.2, 0) is 5.41 Å². The molecule has 3 heterocycles. The van der Waals surface area contributed by atoms with Crippen molar-refractivity contribution in [3.8, 4) is 17.2 Å². The molecule has 6 aromatic rings. The van der Waals surface area contributed by atoms with Crippen molar-refractivity contribution in [1.29, 1.82) is 0 Å². The van der Waals surface area contributed by atoms with Gasteiger partial charge < -0.3 is 28.9 Å². The highest BCUT2D eigenvalue weighted by molar-refractivity contribution is 5.83.